The minimum absolute atomic E-state index is 0.264. The largest absolute Gasteiger partial charge is 0.393 e. The lowest BCUT2D eigenvalue weighted by atomic mass is 10.0. The van der Waals surface area contributed by atoms with Gasteiger partial charge in [0.05, 0.1) is 10.2 Å². The zero-order chi connectivity index (χ0) is 21.2. The molecule has 152 valence electrons. The van der Waals surface area contributed by atoms with Crippen LogP contribution in [0.3, 0.4) is 0 Å². The average Bonchev–Trinajstić information content (AvgIpc) is 3.21. The molecule has 8 nitrogen and oxygen atoms in total. The number of rotatable bonds is 5. The molecule has 2 aromatic heterocycles. The highest BCUT2D eigenvalue weighted by Crippen LogP contribution is 2.30. The molecule has 0 saturated heterocycles. The van der Waals surface area contributed by atoms with E-state index in [1.165, 1.54) is 17.7 Å². The van der Waals surface area contributed by atoms with Gasteiger partial charge in [0.25, 0.3) is 5.91 Å². The molecule has 0 saturated carbocycles. The van der Waals surface area contributed by atoms with Crippen LogP contribution in [0.15, 0.2) is 73.1 Å². The summed E-state index contributed by atoms with van der Waals surface area (Å²) >= 11 is 1.49. The summed E-state index contributed by atoms with van der Waals surface area (Å²) in [6.07, 6.45) is 1.36. The molecule has 0 aliphatic carbocycles. The SMILES string of the molecule is Nc1c(NNC(=O)c2cccc3ccccc23)ncnc1Nc1nc2ccccc2s1. The molecule has 0 spiro atoms. The van der Waals surface area contributed by atoms with E-state index in [1.807, 2.05) is 60.7 Å². The molecule has 0 aliphatic rings. The van der Waals surface area contributed by atoms with Crippen LogP contribution in [-0.4, -0.2) is 20.9 Å². The van der Waals surface area contributed by atoms with E-state index in [4.69, 9.17) is 5.73 Å². The minimum atomic E-state index is -0.296. The Morgan fingerprint density at radius 3 is 2.58 bits per heavy atom. The van der Waals surface area contributed by atoms with Gasteiger partial charge in [0.2, 0.25) is 0 Å². The summed E-state index contributed by atoms with van der Waals surface area (Å²) in [5.41, 5.74) is 13.4. The van der Waals surface area contributed by atoms with Gasteiger partial charge >= 0.3 is 0 Å². The molecule has 1 amide bonds. The van der Waals surface area contributed by atoms with E-state index in [0.717, 1.165) is 21.0 Å². The van der Waals surface area contributed by atoms with E-state index in [2.05, 4.69) is 31.1 Å². The predicted octanol–water partition coefficient (Wildman–Crippen LogP) is 4.32. The van der Waals surface area contributed by atoms with Crippen molar-refractivity contribution in [3.05, 3.63) is 78.6 Å². The van der Waals surface area contributed by atoms with Gasteiger partial charge < -0.3 is 11.1 Å². The average molecular weight is 427 g/mol. The Morgan fingerprint density at radius 2 is 1.68 bits per heavy atom. The number of hydrogen-bond acceptors (Lipinski definition) is 8. The van der Waals surface area contributed by atoms with Gasteiger partial charge in [-0.3, -0.25) is 15.6 Å². The molecule has 5 rings (SSSR count). The molecule has 0 bridgehead atoms. The van der Waals surface area contributed by atoms with Crippen molar-refractivity contribution in [2.75, 3.05) is 16.5 Å². The Morgan fingerprint density at radius 1 is 0.903 bits per heavy atom. The van der Waals surface area contributed by atoms with Crippen LogP contribution < -0.4 is 21.9 Å². The van der Waals surface area contributed by atoms with E-state index >= 15 is 0 Å². The molecular formula is C22H17N7OS. The number of fused-ring (bicyclic) bond motifs is 2. The molecule has 0 unspecified atom stereocenters. The zero-order valence-corrected chi connectivity index (χ0v) is 17.0. The topological polar surface area (TPSA) is 118 Å². The molecular weight excluding hydrogens is 410 g/mol. The maximum atomic E-state index is 12.7. The van der Waals surface area contributed by atoms with Crippen molar-refractivity contribution < 1.29 is 4.79 Å². The van der Waals surface area contributed by atoms with Crippen molar-refractivity contribution in [1.29, 1.82) is 0 Å². The third-order valence-corrected chi connectivity index (χ3v) is 5.68. The molecule has 3 aromatic carbocycles. The highest BCUT2D eigenvalue weighted by Gasteiger charge is 2.13. The van der Waals surface area contributed by atoms with Crippen LogP contribution in [0.1, 0.15) is 10.4 Å². The molecule has 9 heteroatoms. The molecule has 0 radical (unpaired) electrons. The van der Waals surface area contributed by atoms with E-state index < -0.39 is 0 Å². The summed E-state index contributed by atoms with van der Waals surface area (Å²) in [6, 6.07) is 21.1. The van der Waals surface area contributed by atoms with Gasteiger partial charge in [-0.1, -0.05) is 59.9 Å². The smallest absolute Gasteiger partial charge is 0.270 e. The van der Waals surface area contributed by atoms with Crippen LogP contribution in [0.2, 0.25) is 0 Å². The first kappa shape index (κ1) is 18.8. The highest BCUT2D eigenvalue weighted by molar-refractivity contribution is 7.22. The van der Waals surface area contributed by atoms with Crippen LogP contribution in [0.5, 0.6) is 0 Å². The number of carbonyl (C=O) groups is 1. The lowest BCUT2D eigenvalue weighted by Crippen LogP contribution is -2.30. The number of hydrazine groups is 1. The maximum absolute atomic E-state index is 12.7. The number of amides is 1. The van der Waals surface area contributed by atoms with Gasteiger partial charge in [-0.05, 0) is 29.0 Å². The van der Waals surface area contributed by atoms with Crippen molar-refractivity contribution in [2.24, 2.45) is 0 Å². The Hall–Kier alpha value is -4.24. The molecule has 5 aromatic rings. The quantitative estimate of drug-likeness (QED) is 0.309. The zero-order valence-electron chi connectivity index (χ0n) is 16.2. The van der Waals surface area contributed by atoms with Gasteiger partial charge in [-0.15, -0.1) is 0 Å². The van der Waals surface area contributed by atoms with Crippen LogP contribution in [0.25, 0.3) is 21.0 Å². The first-order valence-corrected chi connectivity index (χ1v) is 10.3. The second-order valence-electron chi connectivity index (χ2n) is 6.70. The molecule has 0 aliphatic heterocycles. The second kappa shape index (κ2) is 7.88. The Kier molecular flexibility index (Phi) is 4.77. The van der Waals surface area contributed by atoms with E-state index in [1.54, 1.807) is 6.07 Å². The number of nitrogen functional groups attached to an aromatic ring is 1. The van der Waals surface area contributed by atoms with Crippen LogP contribution in [0.4, 0.5) is 22.5 Å². The number of nitrogens with two attached hydrogens (primary N) is 1. The lowest BCUT2D eigenvalue weighted by molar-refractivity contribution is 0.0964. The van der Waals surface area contributed by atoms with Crippen molar-refractivity contribution in [3.63, 3.8) is 0 Å². The van der Waals surface area contributed by atoms with Gasteiger partial charge in [-0.2, -0.15) is 0 Å². The number of hydrogen-bond donors (Lipinski definition) is 4. The van der Waals surface area contributed by atoms with Crippen molar-refractivity contribution in [3.8, 4) is 0 Å². The summed E-state index contributed by atoms with van der Waals surface area (Å²) in [5.74, 6) is 0.388. The number of anilines is 4. The standard InChI is InChI=1S/C22H17N7OS/c23-18-19(27-22-26-16-10-3-4-11-17(16)31-22)24-12-25-20(18)28-29-21(30)15-9-5-7-13-6-1-2-8-14(13)15/h1-12H,23H2,(H,29,30)(H2,24,25,26,27,28). The number of aromatic nitrogens is 3. The first-order chi connectivity index (χ1) is 15.2. The normalized spacial score (nSPS) is 10.8. The predicted molar refractivity (Wildman–Crippen MR) is 124 cm³/mol. The van der Waals surface area contributed by atoms with Crippen molar-refractivity contribution in [1.82, 2.24) is 20.4 Å². The molecule has 0 fully saturated rings. The number of carbonyl (C=O) groups excluding carboxylic acids is 1. The summed E-state index contributed by atoms with van der Waals surface area (Å²) in [7, 11) is 0. The van der Waals surface area contributed by atoms with E-state index in [0.29, 0.717) is 16.5 Å². The van der Waals surface area contributed by atoms with Gasteiger partial charge in [0.1, 0.15) is 12.0 Å². The molecule has 5 N–H and O–H groups in total. The van der Waals surface area contributed by atoms with Gasteiger partial charge in [0, 0.05) is 5.56 Å². The van der Waals surface area contributed by atoms with Crippen LogP contribution in [-0.2, 0) is 0 Å². The van der Waals surface area contributed by atoms with Gasteiger partial charge in [-0.25, -0.2) is 15.0 Å². The molecule has 31 heavy (non-hydrogen) atoms. The minimum Gasteiger partial charge on any atom is -0.393 e. The number of para-hydroxylation sites is 1. The fourth-order valence-electron chi connectivity index (χ4n) is 3.23. The van der Waals surface area contributed by atoms with Crippen LogP contribution in [0, 0.1) is 0 Å². The van der Waals surface area contributed by atoms with Gasteiger partial charge in [0.15, 0.2) is 16.8 Å². The van der Waals surface area contributed by atoms with Crippen LogP contribution >= 0.6 is 11.3 Å². The third kappa shape index (κ3) is 3.69. The fraction of sp³-hybridized carbons (Fsp3) is 0. The summed E-state index contributed by atoms with van der Waals surface area (Å²) in [6.45, 7) is 0. The Balaban J connectivity index is 1.34. The Labute approximate surface area is 181 Å². The summed E-state index contributed by atoms with van der Waals surface area (Å²) in [5, 5.41) is 5.63. The highest BCUT2D eigenvalue weighted by atomic mass is 32.1. The summed E-state index contributed by atoms with van der Waals surface area (Å²) < 4.78 is 1.05. The maximum Gasteiger partial charge on any atom is 0.270 e. The number of nitrogens with one attached hydrogen (secondary N) is 3. The Bertz CT molecular complexity index is 1380. The van der Waals surface area contributed by atoms with Crippen molar-refractivity contribution in [2.45, 2.75) is 0 Å². The third-order valence-electron chi connectivity index (χ3n) is 4.73. The molecule has 2 heterocycles. The number of thiazole rings is 1. The molecule has 0 atom stereocenters. The summed E-state index contributed by atoms with van der Waals surface area (Å²) in [4.78, 5) is 25.6. The first-order valence-electron chi connectivity index (χ1n) is 9.46. The van der Waals surface area contributed by atoms with E-state index in [-0.39, 0.29) is 17.4 Å². The fourth-order valence-corrected chi connectivity index (χ4v) is 4.09. The second-order valence-corrected chi connectivity index (χ2v) is 7.73. The lowest BCUT2D eigenvalue weighted by Gasteiger charge is -2.13. The number of nitrogens with zero attached hydrogens (tertiary/aromatic N) is 3. The van der Waals surface area contributed by atoms with E-state index in [9.17, 15) is 4.79 Å². The number of benzene rings is 3. The van der Waals surface area contributed by atoms with Crippen molar-refractivity contribution >= 4 is 60.7 Å². The monoisotopic (exact) mass is 427 g/mol.